The molecule has 2 heterocycles. The van der Waals surface area contributed by atoms with Gasteiger partial charge in [-0.1, -0.05) is 18.2 Å². The fourth-order valence-electron chi connectivity index (χ4n) is 4.56. The van der Waals surface area contributed by atoms with Crippen LogP contribution in [0.4, 0.5) is 0 Å². The highest BCUT2D eigenvalue weighted by Crippen LogP contribution is 2.28. The molecule has 1 fully saturated rings. The molecule has 2 amide bonds. The Bertz CT molecular complexity index is 1170. The van der Waals surface area contributed by atoms with Gasteiger partial charge in [0.2, 0.25) is 5.91 Å². The number of ether oxygens (including phenoxy) is 1. The summed E-state index contributed by atoms with van der Waals surface area (Å²) in [7, 11) is 0. The van der Waals surface area contributed by atoms with E-state index in [9.17, 15) is 9.59 Å². The minimum atomic E-state index is -0.744. The van der Waals surface area contributed by atoms with Crippen LogP contribution in [-0.2, 0) is 4.79 Å². The van der Waals surface area contributed by atoms with E-state index in [2.05, 4.69) is 15.6 Å². The first-order valence-corrected chi connectivity index (χ1v) is 11.5. The van der Waals surface area contributed by atoms with E-state index in [1.54, 1.807) is 29.7 Å². The molecule has 0 spiro atoms. The summed E-state index contributed by atoms with van der Waals surface area (Å²) in [6.45, 7) is 5.25. The molecule has 0 aliphatic carbocycles. The molecule has 0 bridgehead atoms. The number of piperidine rings is 1. The number of fused-ring (bicyclic) bond motifs is 1. The highest BCUT2D eigenvalue weighted by Gasteiger charge is 2.36. The van der Waals surface area contributed by atoms with Crippen molar-refractivity contribution < 1.29 is 19.5 Å². The number of hydrogen-bond acceptors (Lipinski definition) is 6. The van der Waals surface area contributed by atoms with Crippen molar-refractivity contribution in [2.75, 3.05) is 13.1 Å². The Labute approximate surface area is 198 Å². The average molecular weight is 463 g/mol. The van der Waals surface area contributed by atoms with Gasteiger partial charge < -0.3 is 15.4 Å². The molecule has 8 heteroatoms. The SMILES string of the molecule is Cc1cc(C(C)Oc2ccc(C(=O)NC3(CC(=O)NO)CCCNC3)cc2)c2ccccc2n1. The van der Waals surface area contributed by atoms with Crippen molar-refractivity contribution in [3.63, 3.8) is 0 Å². The fraction of sp³-hybridized carbons (Fsp3) is 0.346. The second-order valence-electron chi connectivity index (χ2n) is 8.88. The number of nitrogens with one attached hydrogen (secondary N) is 3. The molecule has 3 aromatic rings. The van der Waals surface area contributed by atoms with E-state index in [0.717, 1.165) is 35.1 Å². The normalized spacial score (nSPS) is 18.8. The molecule has 1 aliphatic rings. The predicted molar refractivity (Wildman–Crippen MR) is 129 cm³/mol. The van der Waals surface area contributed by atoms with Crippen LogP contribution in [0.2, 0.25) is 0 Å². The summed E-state index contributed by atoms with van der Waals surface area (Å²) in [5.74, 6) is -0.151. The molecule has 2 aromatic carbocycles. The van der Waals surface area contributed by atoms with Crippen LogP contribution in [0.5, 0.6) is 5.75 Å². The number of hydrogen-bond donors (Lipinski definition) is 4. The maximum absolute atomic E-state index is 12.9. The Morgan fingerprint density at radius 3 is 2.68 bits per heavy atom. The number of pyridine rings is 1. The third-order valence-electron chi connectivity index (χ3n) is 6.22. The van der Waals surface area contributed by atoms with Crippen molar-refractivity contribution in [1.29, 1.82) is 0 Å². The smallest absolute Gasteiger partial charge is 0.251 e. The molecule has 1 aromatic heterocycles. The van der Waals surface area contributed by atoms with Crippen molar-refractivity contribution in [3.05, 3.63) is 71.4 Å². The minimum absolute atomic E-state index is 0.000253. The molecular formula is C26H30N4O4. The Hall–Kier alpha value is -3.49. The second kappa shape index (κ2) is 10.2. The van der Waals surface area contributed by atoms with Gasteiger partial charge in [-0.05, 0) is 69.6 Å². The highest BCUT2D eigenvalue weighted by atomic mass is 16.5. The van der Waals surface area contributed by atoms with E-state index in [1.807, 2.05) is 44.2 Å². The number of aryl methyl sites for hydroxylation is 1. The zero-order chi connectivity index (χ0) is 24.1. The van der Waals surface area contributed by atoms with Crippen LogP contribution in [0.1, 0.15) is 53.9 Å². The number of hydroxylamine groups is 1. The summed E-state index contributed by atoms with van der Waals surface area (Å²) >= 11 is 0. The summed E-state index contributed by atoms with van der Waals surface area (Å²) in [5.41, 5.74) is 4.31. The van der Waals surface area contributed by atoms with Crippen LogP contribution in [-0.4, -0.2) is 40.6 Å². The molecule has 178 valence electrons. The van der Waals surface area contributed by atoms with Crippen LogP contribution >= 0.6 is 0 Å². The Balaban J connectivity index is 1.47. The number of carbonyl (C=O) groups excluding carboxylic acids is 2. The zero-order valence-electron chi connectivity index (χ0n) is 19.4. The molecule has 0 radical (unpaired) electrons. The maximum Gasteiger partial charge on any atom is 0.251 e. The molecule has 34 heavy (non-hydrogen) atoms. The Morgan fingerprint density at radius 1 is 1.21 bits per heavy atom. The molecule has 4 rings (SSSR count). The first-order chi connectivity index (χ1) is 16.4. The van der Waals surface area contributed by atoms with Gasteiger partial charge in [-0.15, -0.1) is 0 Å². The first kappa shape index (κ1) is 23.7. The van der Waals surface area contributed by atoms with Crippen molar-refractivity contribution >= 4 is 22.7 Å². The quantitative estimate of drug-likeness (QED) is 0.316. The van der Waals surface area contributed by atoms with Crippen LogP contribution in [0.25, 0.3) is 10.9 Å². The summed E-state index contributed by atoms with van der Waals surface area (Å²) in [4.78, 5) is 29.3. The van der Waals surface area contributed by atoms with Crippen molar-refractivity contribution in [2.45, 2.75) is 44.8 Å². The number of amides is 2. The summed E-state index contributed by atoms with van der Waals surface area (Å²) in [6.07, 6.45) is 1.27. The lowest BCUT2D eigenvalue weighted by molar-refractivity contribution is -0.130. The van der Waals surface area contributed by atoms with E-state index in [0.29, 0.717) is 24.3 Å². The Kier molecular flexibility index (Phi) is 7.09. The van der Waals surface area contributed by atoms with Gasteiger partial charge >= 0.3 is 0 Å². The molecule has 4 N–H and O–H groups in total. The second-order valence-corrected chi connectivity index (χ2v) is 8.88. The Morgan fingerprint density at radius 2 is 1.97 bits per heavy atom. The van der Waals surface area contributed by atoms with Gasteiger partial charge in [0.1, 0.15) is 11.9 Å². The standard InChI is InChI=1S/C26H30N4O4/c1-17-14-22(21-6-3-4-7-23(21)28-17)18(2)34-20-10-8-19(9-11-20)25(32)29-26(15-24(31)30-33)12-5-13-27-16-26/h3-4,6-11,14,18,27,33H,5,12-13,15-16H2,1-2H3,(H,29,32)(H,30,31). The van der Waals surface area contributed by atoms with Crippen LogP contribution in [0, 0.1) is 6.92 Å². The lowest BCUT2D eigenvalue weighted by Gasteiger charge is -2.38. The third-order valence-corrected chi connectivity index (χ3v) is 6.22. The summed E-state index contributed by atoms with van der Waals surface area (Å²) in [6, 6.07) is 17.0. The number of nitrogens with zero attached hydrogens (tertiary/aromatic N) is 1. The third kappa shape index (κ3) is 5.35. The summed E-state index contributed by atoms with van der Waals surface area (Å²) in [5, 5.41) is 16.2. The van der Waals surface area contributed by atoms with Crippen LogP contribution < -0.4 is 20.9 Å². The van der Waals surface area contributed by atoms with E-state index >= 15 is 0 Å². The lowest BCUT2D eigenvalue weighted by Crippen LogP contribution is -2.59. The molecule has 2 unspecified atom stereocenters. The highest BCUT2D eigenvalue weighted by molar-refractivity contribution is 5.95. The van der Waals surface area contributed by atoms with Crippen molar-refractivity contribution in [3.8, 4) is 5.75 Å². The van der Waals surface area contributed by atoms with Gasteiger partial charge in [-0.25, -0.2) is 5.48 Å². The minimum Gasteiger partial charge on any atom is -0.486 e. The van der Waals surface area contributed by atoms with Gasteiger partial charge in [-0.3, -0.25) is 19.8 Å². The van der Waals surface area contributed by atoms with Gasteiger partial charge in [0.15, 0.2) is 0 Å². The maximum atomic E-state index is 12.9. The number of para-hydroxylation sites is 1. The number of benzene rings is 2. The fourth-order valence-corrected chi connectivity index (χ4v) is 4.56. The molecule has 0 saturated carbocycles. The first-order valence-electron chi connectivity index (χ1n) is 11.5. The number of aromatic nitrogens is 1. The van der Waals surface area contributed by atoms with Crippen molar-refractivity contribution in [1.82, 2.24) is 21.1 Å². The average Bonchev–Trinajstić information content (AvgIpc) is 2.84. The predicted octanol–water partition coefficient (Wildman–Crippen LogP) is 3.43. The van der Waals surface area contributed by atoms with Gasteiger partial charge in [0.05, 0.1) is 17.5 Å². The van der Waals surface area contributed by atoms with E-state index in [-0.39, 0.29) is 18.4 Å². The molecular weight excluding hydrogens is 432 g/mol. The number of carbonyl (C=O) groups is 2. The molecule has 1 aliphatic heterocycles. The van der Waals surface area contributed by atoms with Gasteiger partial charge in [-0.2, -0.15) is 0 Å². The lowest BCUT2D eigenvalue weighted by atomic mass is 9.86. The van der Waals surface area contributed by atoms with Crippen LogP contribution in [0.15, 0.2) is 54.6 Å². The van der Waals surface area contributed by atoms with Gasteiger partial charge in [0, 0.05) is 28.8 Å². The van der Waals surface area contributed by atoms with Gasteiger partial charge in [0.25, 0.3) is 5.91 Å². The zero-order valence-corrected chi connectivity index (χ0v) is 19.4. The van der Waals surface area contributed by atoms with E-state index in [1.165, 1.54) is 0 Å². The number of rotatable bonds is 7. The van der Waals surface area contributed by atoms with E-state index < -0.39 is 11.4 Å². The topological polar surface area (TPSA) is 113 Å². The van der Waals surface area contributed by atoms with Crippen LogP contribution in [0.3, 0.4) is 0 Å². The molecule has 1 saturated heterocycles. The molecule has 2 atom stereocenters. The monoisotopic (exact) mass is 462 g/mol. The summed E-state index contributed by atoms with van der Waals surface area (Å²) < 4.78 is 6.19. The molecule has 8 nitrogen and oxygen atoms in total. The van der Waals surface area contributed by atoms with E-state index in [4.69, 9.17) is 9.94 Å². The largest absolute Gasteiger partial charge is 0.486 e. The van der Waals surface area contributed by atoms with Crippen molar-refractivity contribution in [2.24, 2.45) is 0 Å².